The van der Waals surface area contributed by atoms with Gasteiger partial charge >= 0.3 is 0 Å². The molecule has 0 unspecified atom stereocenters. The molecule has 3 rings (SSSR count). The Morgan fingerprint density at radius 2 is 2.23 bits per heavy atom. The maximum Gasteiger partial charge on any atom is 0.254 e. The molecule has 0 aliphatic carbocycles. The fraction of sp³-hybridized carbons (Fsp3) is 0.588. The molecule has 1 N–H and O–H groups in total. The molecule has 0 saturated carbocycles. The number of likely N-dealkylation sites (tertiary alicyclic amines) is 1. The highest BCUT2D eigenvalue weighted by molar-refractivity contribution is 5.95. The monoisotopic (exact) mass is 304 g/mol. The second-order valence-electron chi connectivity index (χ2n) is 6.87. The minimum Gasteiger partial charge on any atom is -0.508 e. The van der Waals surface area contributed by atoms with Crippen molar-refractivity contribution < 1.29 is 14.6 Å². The Bertz CT molecular complexity index is 543. The summed E-state index contributed by atoms with van der Waals surface area (Å²) in [5.74, 6) is 0.693. The average Bonchev–Trinajstić information content (AvgIpc) is 2.44. The van der Waals surface area contributed by atoms with E-state index in [0.717, 1.165) is 26.0 Å². The SMILES string of the molecule is CN(C)C[C@@H]1CCC2(CN(C(=O)c3cccc(O)c3)C2)OC1. The number of benzene rings is 1. The quantitative estimate of drug-likeness (QED) is 0.921. The van der Waals surface area contributed by atoms with Gasteiger partial charge in [0.1, 0.15) is 11.4 Å². The van der Waals surface area contributed by atoms with Crippen molar-refractivity contribution in [3.05, 3.63) is 29.8 Å². The van der Waals surface area contributed by atoms with Crippen molar-refractivity contribution in [1.29, 1.82) is 0 Å². The van der Waals surface area contributed by atoms with Crippen LogP contribution in [0.5, 0.6) is 5.75 Å². The largest absolute Gasteiger partial charge is 0.508 e. The number of carbonyl (C=O) groups excluding carboxylic acids is 1. The van der Waals surface area contributed by atoms with Gasteiger partial charge in [0.25, 0.3) is 5.91 Å². The Morgan fingerprint density at radius 1 is 1.45 bits per heavy atom. The van der Waals surface area contributed by atoms with Crippen LogP contribution in [0.4, 0.5) is 0 Å². The molecule has 1 amide bonds. The molecule has 2 aliphatic rings. The van der Waals surface area contributed by atoms with E-state index >= 15 is 0 Å². The van der Waals surface area contributed by atoms with E-state index in [2.05, 4.69) is 19.0 Å². The van der Waals surface area contributed by atoms with Gasteiger partial charge in [-0.25, -0.2) is 0 Å². The van der Waals surface area contributed by atoms with Gasteiger partial charge in [-0.3, -0.25) is 4.79 Å². The van der Waals surface area contributed by atoms with Crippen LogP contribution in [-0.2, 0) is 4.74 Å². The molecule has 120 valence electrons. The molecule has 2 aliphatic heterocycles. The van der Waals surface area contributed by atoms with Crippen LogP contribution >= 0.6 is 0 Å². The van der Waals surface area contributed by atoms with Gasteiger partial charge in [-0.15, -0.1) is 0 Å². The molecule has 2 fully saturated rings. The molecule has 5 nitrogen and oxygen atoms in total. The maximum atomic E-state index is 12.4. The smallest absolute Gasteiger partial charge is 0.254 e. The first kappa shape index (κ1) is 15.3. The number of hydrogen-bond acceptors (Lipinski definition) is 4. The third-order valence-corrected chi connectivity index (χ3v) is 4.60. The Balaban J connectivity index is 1.53. The van der Waals surface area contributed by atoms with E-state index in [1.54, 1.807) is 23.1 Å². The van der Waals surface area contributed by atoms with Gasteiger partial charge in [-0.2, -0.15) is 0 Å². The number of aromatic hydroxyl groups is 1. The van der Waals surface area contributed by atoms with Crippen molar-refractivity contribution in [2.75, 3.05) is 40.3 Å². The number of hydrogen-bond donors (Lipinski definition) is 1. The summed E-state index contributed by atoms with van der Waals surface area (Å²) in [6.45, 7) is 3.17. The van der Waals surface area contributed by atoms with E-state index in [1.165, 1.54) is 6.07 Å². The number of nitrogens with zero attached hydrogens (tertiary/aromatic N) is 2. The molecular weight excluding hydrogens is 280 g/mol. The molecule has 1 spiro atoms. The van der Waals surface area contributed by atoms with Crippen LogP contribution in [0.1, 0.15) is 23.2 Å². The summed E-state index contributed by atoms with van der Waals surface area (Å²) in [6, 6.07) is 6.52. The zero-order valence-electron chi connectivity index (χ0n) is 13.3. The normalized spacial score (nSPS) is 23.6. The molecule has 2 heterocycles. The van der Waals surface area contributed by atoms with Crippen molar-refractivity contribution in [2.24, 2.45) is 5.92 Å². The standard InChI is InChI=1S/C17H24N2O3/c1-18(2)9-13-6-7-17(22-10-13)11-19(12-17)16(21)14-4-3-5-15(20)8-14/h3-5,8,13,20H,6-7,9-12H2,1-2H3/t13-/m0/s1. The molecule has 22 heavy (non-hydrogen) atoms. The van der Waals surface area contributed by atoms with Crippen LogP contribution in [0.15, 0.2) is 24.3 Å². The Labute approximate surface area is 131 Å². The Hall–Kier alpha value is -1.59. The van der Waals surface area contributed by atoms with Crippen LogP contribution < -0.4 is 0 Å². The molecular formula is C17H24N2O3. The number of phenols is 1. The fourth-order valence-electron chi connectivity index (χ4n) is 3.44. The minimum absolute atomic E-state index is 0.0273. The number of ether oxygens (including phenoxy) is 1. The number of amides is 1. The summed E-state index contributed by atoms with van der Waals surface area (Å²) < 4.78 is 6.08. The van der Waals surface area contributed by atoms with E-state index in [1.807, 2.05) is 0 Å². The Morgan fingerprint density at radius 3 is 2.82 bits per heavy atom. The van der Waals surface area contributed by atoms with E-state index in [-0.39, 0.29) is 17.3 Å². The lowest BCUT2D eigenvalue weighted by Gasteiger charge is -2.53. The Kier molecular flexibility index (Phi) is 4.10. The third-order valence-electron chi connectivity index (χ3n) is 4.60. The van der Waals surface area contributed by atoms with E-state index in [9.17, 15) is 9.90 Å². The predicted molar refractivity (Wildman–Crippen MR) is 84.0 cm³/mol. The second-order valence-corrected chi connectivity index (χ2v) is 6.87. The lowest BCUT2D eigenvalue weighted by atomic mass is 9.82. The summed E-state index contributed by atoms with van der Waals surface area (Å²) >= 11 is 0. The van der Waals surface area contributed by atoms with E-state index < -0.39 is 0 Å². The van der Waals surface area contributed by atoms with Crippen molar-refractivity contribution in [3.63, 3.8) is 0 Å². The lowest BCUT2D eigenvalue weighted by molar-refractivity contribution is -0.168. The number of rotatable bonds is 3. The van der Waals surface area contributed by atoms with Gasteiger partial charge in [0, 0.05) is 12.1 Å². The number of phenolic OH excluding ortho intramolecular Hbond substituents is 1. The van der Waals surface area contributed by atoms with Crippen molar-refractivity contribution in [3.8, 4) is 5.75 Å². The molecule has 0 bridgehead atoms. The van der Waals surface area contributed by atoms with Gasteiger partial charge in [0.15, 0.2) is 0 Å². The highest BCUT2D eigenvalue weighted by atomic mass is 16.5. The topological polar surface area (TPSA) is 53.0 Å². The van der Waals surface area contributed by atoms with E-state index in [0.29, 0.717) is 24.6 Å². The summed E-state index contributed by atoms with van der Waals surface area (Å²) in [6.07, 6.45) is 2.18. The van der Waals surface area contributed by atoms with Gasteiger partial charge in [-0.05, 0) is 51.1 Å². The molecule has 1 atom stereocenters. The zero-order chi connectivity index (χ0) is 15.7. The zero-order valence-corrected chi connectivity index (χ0v) is 13.3. The van der Waals surface area contributed by atoms with Crippen LogP contribution in [0.25, 0.3) is 0 Å². The average molecular weight is 304 g/mol. The van der Waals surface area contributed by atoms with Gasteiger partial charge in [-0.1, -0.05) is 6.07 Å². The molecule has 0 radical (unpaired) electrons. The van der Waals surface area contributed by atoms with Gasteiger partial charge in [0.2, 0.25) is 0 Å². The van der Waals surface area contributed by atoms with Crippen molar-refractivity contribution in [1.82, 2.24) is 9.80 Å². The third kappa shape index (κ3) is 3.10. The first-order valence-electron chi connectivity index (χ1n) is 7.84. The summed E-state index contributed by atoms with van der Waals surface area (Å²) in [7, 11) is 4.17. The second kappa shape index (κ2) is 5.89. The van der Waals surface area contributed by atoms with Crippen LogP contribution in [0.3, 0.4) is 0 Å². The molecule has 5 heteroatoms. The van der Waals surface area contributed by atoms with Crippen LogP contribution in [-0.4, -0.2) is 66.8 Å². The van der Waals surface area contributed by atoms with Crippen LogP contribution in [0.2, 0.25) is 0 Å². The highest BCUT2D eigenvalue weighted by Gasteiger charge is 2.48. The van der Waals surface area contributed by atoms with Gasteiger partial charge < -0.3 is 19.6 Å². The first-order chi connectivity index (χ1) is 10.5. The van der Waals surface area contributed by atoms with Gasteiger partial charge in [0.05, 0.1) is 19.7 Å². The molecule has 0 aromatic heterocycles. The van der Waals surface area contributed by atoms with E-state index in [4.69, 9.17) is 4.74 Å². The van der Waals surface area contributed by atoms with Crippen LogP contribution in [0, 0.1) is 5.92 Å². The van der Waals surface area contributed by atoms with Crippen molar-refractivity contribution in [2.45, 2.75) is 18.4 Å². The highest BCUT2D eigenvalue weighted by Crippen LogP contribution is 2.36. The first-order valence-corrected chi connectivity index (χ1v) is 7.84. The molecule has 2 saturated heterocycles. The summed E-state index contributed by atoms with van der Waals surface area (Å²) in [5, 5.41) is 9.48. The maximum absolute atomic E-state index is 12.4. The molecule has 1 aromatic rings. The predicted octanol–water partition coefficient (Wildman–Crippen LogP) is 1.57. The minimum atomic E-state index is -0.130. The summed E-state index contributed by atoms with van der Waals surface area (Å²) in [4.78, 5) is 16.4. The number of carbonyl (C=O) groups is 1. The summed E-state index contributed by atoms with van der Waals surface area (Å²) in [5.41, 5.74) is 0.408. The lowest BCUT2D eigenvalue weighted by Crippen LogP contribution is -2.66. The molecule has 1 aromatic carbocycles. The fourth-order valence-corrected chi connectivity index (χ4v) is 3.44. The van der Waals surface area contributed by atoms with Crippen molar-refractivity contribution >= 4 is 5.91 Å².